The number of hydrogen-bond donors (Lipinski definition) is 4. The topological polar surface area (TPSA) is 132 Å². The molecule has 0 atom stereocenters. The highest BCUT2D eigenvalue weighted by Crippen LogP contribution is 2.38. The molecule has 6 aromatic rings. The van der Waals surface area contributed by atoms with Gasteiger partial charge in [-0.1, -0.05) is 36.4 Å². The number of imidazole rings is 2. The summed E-state index contributed by atoms with van der Waals surface area (Å²) in [5.41, 5.74) is 5.88. The van der Waals surface area contributed by atoms with Gasteiger partial charge in [-0.2, -0.15) is 0 Å². The van der Waals surface area contributed by atoms with Gasteiger partial charge in [0.05, 0.1) is 33.2 Å². The molecule has 0 spiro atoms. The first kappa shape index (κ1) is 21.3. The molecule has 36 heavy (non-hydrogen) atoms. The van der Waals surface area contributed by atoms with Crippen LogP contribution in [-0.4, -0.2) is 42.1 Å². The Hall–Kier alpha value is -5.24. The monoisotopic (exact) mass is 474 g/mol. The van der Waals surface area contributed by atoms with Crippen LogP contribution in [0, 0.1) is 0 Å². The molecule has 6 rings (SSSR count). The number of carbonyl (C=O) groups is 2. The number of aromatic nitrogens is 4. The van der Waals surface area contributed by atoms with Crippen LogP contribution in [0.2, 0.25) is 0 Å². The second kappa shape index (κ2) is 8.21. The van der Waals surface area contributed by atoms with Gasteiger partial charge in [-0.05, 0) is 59.7 Å². The maximum atomic E-state index is 11.8. The van der Waals surface area contributed by atoms with E-state index in [-0.39, 0.29) is 11.1 Å². The van der Waals surface area contributed by atoms with Crippen LogP contribution in [0.25, 0.3) is 56.0 Å². The number of benzene rings is 4. The summed E-state index contributed by atoms with van der Waals surface area (Å²) in [6, 6.07) is 24.7. The number of rotatable bonds is 5. The predicted octanol–water partition coefficient (Wildman–Crippen LogP) is 5.84. The Morgan fingerprint density at radius 1 is 0.556 bits per heavy atom. The maximum absolute atomic E-state index is 11.8. The minimum absolute atomic E-state index is 0.113. The molecule has 0 aliphatic carbocycles. The lowest BCUT2D eigenvalue weighted by Crippen LogP contribution is -2.01. The quantitative estimate of drug-likeness (QED) is 0.248. The van der Waals surface area contributed by atoms with E-state index < -0.39 is 11.9 Å². The molecule has 8 heteroatoms. The van der Waals surface area contributed by atoms with E-state index in [2.05, 4.69) is 19.9 Å². The number of aromatic amines is 2. The molecule has 2 heterocycles. The maximum Gasteiger partial charge on any atom is 0.335 e. The molecular formula is C28H18N4O4. The van der Waals surface area contributed by atoms with E-state index in [0.717, 1.165) is 22.1 Å². The molecule has 0 aliphatic heterocycles. The number of nitrogens with zero attached hydrogens (tertiary/aromatic N) is 2. The van der Waals surface area contributed by atoms with Crippen molar-refractivity contribution in [2.45, 2.75) is 0 Å². The van der Waals surface area contributed by atoms with Gasteiger partial charge in [0, 0.05) is 11.1 Å². The minimum atomic E-state index is -1.06. The molecule has 4 aromatic carbocycles. The van der Waals surface area contributed by atoms with Crippen LogP contribution in [0.4, 0.5) is 0 Å². The van der Waals surface area contributed by atoms with E-state index >= 15 is 0 Å². The molecule has 8 nitrogen and oxygen atoms in total. The summed E-state index contributed by atoms with van der Waals surface area (Å²) < 4.78 is 0. The Labute approximate surface area is 203 Å². The van der Waals surface area contributed by atoms with Gasteiger partial charge in [0.2, 0.25) is 0 Å². The molecule has 0 saturated carbocycles. The fourth-order valence-corrected chi connectivity index (χ4v) is 4.38. The van der Waals surface area contributed by atoms with Gasteiger partial charge in [-0.25, -0.2) is 19.6 Å². The van der Waals surface area contributed by atoms with Crippen LogP contribution >= 0.6 is 0 Å². The fraction of sp³-hybridized carbons (Fsp3) is 0. The molecule has 0 radical (unpaired) electrons. The van der Waals surface area contributed by atoms with Crippen molar-refractivity contribution in [2.75, 3.05) is 0 Å². The minimum Gasteiger partial charge on any atom is -0.478 e. The second-order valence-electron chi connectivity index (χ2n) is 8.34. The van der Waals surface area contributed by atoms with Crippen molar-refractivity contribution in [3.05, 3.63) is 96.1 Å². The summed E-state index contributed by atoms with van der Waals surface area (Å²) in [7, 11) is 0. The third-order valence-corrected chi connectivity index (χ3v) is 6.11. The van der Waals surface area contributed by atoms with Crippen LogP contribution in [0.1, 0.15) is 20.7 Å². The predicted molar refractivity (Wildman–Crippen MR) is 136 cm³/mol. The first-order valence-corrected chi connectivity index (χ1v) is 11.1. The number of para-hydroxylation sites is 4. The van der Waals surface area contributed by atoms with E-state index in [1.165, 1.54) is 12.1 Å². The summed E-state index contributed by atoms with van der Waals surface area (Å²) in [6.45, 7) is 0. The molecule has 0 bridgehead atoms. The van der Waals surface area contributed by atoms with Gasteiger partial charge >= 0.3 is 11.9 Å². The molecular weight excluding hydrogens is 456 g/mol. The SMILES string of the molecule is O=C(O)c1ccc(-c2ccc(C(=O)O)cc2-c2nc3ccccc3[nH]2)c(-c2nc3ccccc3[nH]2)c1. The van der Waals surface area contributed by atoms with Crippen molar-refractivity contribution in [3.8, 4) is 33.9 Å². The Morgan fingerprint density at radius 2 is 0.972 bits per heavy atom. The zero-order valence-corrected chi connectivity index (χ0v) is 18.7. The first-order chi connectivity index (χ1) is 17.5. The number of nitrogens with one attached hydrogen (secondary N) is 2. The fourth-order valence-electron chi connectivity index (χ4n) is 4.38. The van der Waals surface area contributed by atoms with Crippen LogP contribution in [0.5, 0.6) is 0 Å². The molecule has 0 amide bonds. The lowest BCUT2D eigenvalue weighted by Gasteiger charge is -2.14. The normalized spacial score (nSPS) is 11.2. The third-order valence-electron chi connectivity index (χ3n) is 6.11. The molecule has 174 valence electrons. The lowest BCUT2D eigenvalue weighted by molar-refractivity contribution is 0.0686. The van der Waals surface area contributed by atoms with Gasteiger partial charge in [-0.15, -0.1) is 0 Å². The van der Waals surface area contributed by atoms with Crippen molar-refractivity contribution in [3.63, 3.8) is 0 Å². The van der Waals surface area contributed by atoms with Gasteiger partial charge < -0.3 is 20.2 Å². The van der Waals surface area contributed by atoms with E-state index in [1.54, 1.807) is 24.3 Å². The first-order valence-electron chi connectivity index (χ1n) is 11.1. The van der Waals surface area contributed by atoms with Crippen LogP contribution in [0.15, 0.2) is 84.9 Å². The van der Waals surface area contributed by atoms with Crippen LogP contribution in [0.3, 0.4) is 0 Å². The molecule has 0 unspecified atom stereocenters. The molecule has 4 N–H and O–H groups in total. The van der Waals surface area contributed by atoms with Gasteiger partial charge in [0.15, 0.2) is 0 Å². The van der Waals surface area contributed by atoms with Crippen molar-refractivity contribution in [1.29, 1.82) is 0 Å². The Bertz CT molecular complexity index is 1620. The Balaban J connectivity index is 1.63. The highest BCUT2D eigenvalue weighted by Gasteiger charge is 2.20. The zero-order valence-electron chi connectivity index (χ0n) is 18.7. The smallest absolute Gasteiger partial charge is 0.335 e. The van der Waals surface area contributed by atoms with Crippen molar-refractivity contribution in [2.24, 2.45) is 0 Å². The standard InChI is InChI=1S/C28H18N4O4/c33-27(34)15-9-11-17(19(13-15)25-29-21-5-1-2-6-22(21)30-25)18-12-10-16(28(35)36)14-20(18)26-31-23-7-3-4-8-24(23)32-26/h1-14H,(H,29,30)(H,31,32)(H,33,34)(H,35,36). The highest BCUT2D eigenvalue weighted by atomic mass is 16.4. The summed E-state index contributed by atoms with van der Waals surface area (Å²) in [6.07, 6.45) is 0. The van der Waals surface area contributed by atoms with E-state index in [0.29, 0.717) is 33.9 Å². The summed E-state index contributed by atoms with van der Waals surface area (Å²) in [5, 5.41) is 19.3. The number of fused-ring (bicyclic) bond motifs is 2. The lowest BCUT2D eigenvalue weighted by atomic mass is 9.92. The number of carboxylic acid groups (broad SMARTS) is 2. The Kier molecular flexibility index (Phi) is 4.86. The highest BCUT2D eigenvalue weighted by molar-refractivity contribution is 5.98. The average molecular weight is 474 g/mol. The van der Waals surface area contributed by atoms with Crippen molar-refractivity contribution in [1.82, 2.24) is 19.9 Å². The number of aromatic carboxylic acids is 2. The number of hydrogen-bond acceptors (Lipinski definition) is 4. The van der Waals surface area contributed by atoms with E-state index in [1.807, 2.05) is 48.5 Å². The van der Waals surface area contributed by atoms with Gasteiger partial charge in [-0.3, -0.25) is 0 Å². The van der Waals surface area contributed by atoms with Gasteiger partial charge in [0.25, 0.3) is 0 Å². The summed E-state index contributed by atoms with van der Waals surface area (Å²) >= 11 is 0. The Morgan fingerprint density at radius 3 is 1.36 bits per heavy atom. The number of H-pyrrole nitrogens is 2. The summed E-state index contributed by atoms with van der Waals surface area (Å²) in [5.74, 6) is -1.10. The van der Waals surface area contributed by atoms with Gasteiger partial charge in [0.1, 0.15) is 11.6 Å². The molecule has 2 aromatic heterocycles. The molecule has 0 saturated heterocycles. The summed E-state index contributed by atoms with van der Waals surface area (Å²) in [4.78, 5) is 39.5. The third kappa shape index (κ3) is 3.57. The van der Waals surface area contributed by atoms with Crippen LogP contribution < -0.4 is 0 Å². The molecule has 0 aliphatic rings. The van der Waals surface area contributed by atoms with E-state index in [4.69, 9.17) is 0 Å². The zero-order chi connectivity index (χ0) is 24.8. The van der Waals surface area contributed by atoms with Crippen LogP contribution in [-0.2, 0) is 0 Å². The van der Waals surface area contributed by atoms with Crippen molar-refractivity contribution < 1.29 is 19.8 Å². The average Bonchev–Trinajstić information content (AvgIpc) is 3.52. The second-order valence-corrected chi connectivity index (χ2v) is 8.34. The van der Waals surface area contributed by atoms with Crippen molar-refractivity contribution >= 4 is 34.0 Å². The number of carboxylic acids is 2. The molecule has 0 fully saturated rings. The van der Waals surface area contributed by atoms with E-state index in [9.17, 15) is 19.8 Å². The largest absolute Gasteiger partial charge is 0.478 e.